The van der Waals surface area contributed by atoms with Gasteiger partial charge in [0.05, 0.1) is 0 Å². The molecule has 0 atom stereocenters. The van der Waals surface area contributed by atoms with Gasteiger partial charge in [-0.3, -0.25) is 0 Å². The maximum Gasteiger partial charge on any atom is 0.0223 e. The highest BCUT2D eigenvalue weighted by molar-refractivity contribution is 8.00. The molecule has 0 rings (SSSR count). The van der Waals surface area contributed by atoms with Crippen molar-refractivity contribution < 1.29 is 0 Å². The Morgan fingerprint density at radius 3 is 2.08 bits per heavy atom. The molecule has 12 heavy (non-hydrogen) atoms. The zero-order valence-corrected chi connectivity index (χ0v) is 10.1. The first-order valence-corrected chi connectivity index (χ1v) is 6.28. The van der Waals surface area contributed by atoms with Gasteiger partial charge in [0.1, 0.15) is 0 Å². The van der Waals surface area contributed by atoms with Gasteiger partial charge in [-0.25, -0.2) is 0 Å². The topological polar surface area (TPSA) is 0 Å². The largest absolute Gasteiger partial charge is 0.156 e. The van der Waals surface area contributed by atoms with Crippen LogP contribution in [0.25, 0.3) is 0 Å². The lowest BCUT2D eigenvalue weighted by molar-refractivity contribution is 0.705. The zero-order chi connectivity index (χ0) is 9.45. The highest BCUT2D eigenvalue weighted by atomic mass is 35.5. The number of rotatable bonds is 6. The van der Waals surface area contributed by atoms with Crippen molar-refractivity contribution in [2.75, 3.05) is 11.6 Å². The highest BCUT2D eigenvalue weighted by Gasteiger charge is 2.08. The van der Waals surface area contributed by atoms with Gasteiger partial charge >= 0.3 is 0 Å². The van der Waals surface area contributed by atoms with Crippen molar-refractivity contribution in [3.05, 3.63) is 0 Å². The molecule has 0 aliphatic carbocycles. The fraction of sp³-hybridized carbons (Fsp3) is 1.00. The predicted octanol–water partition coefficient (Wildman–Crippen LogP) is 4.32. The third-order valence-electron chi connectivity index (χ3n) is 1.56. The first-order chi connectivity index (χ1) is 5.56. The Labute approximate surface area is 86.5 Å². The monoisotopic (exact) mass is 208 g/mol. The summed E-state index contributed by atoms with van der Waals surface area (Å²) >= 11 is 7.64. The summed E-state index contributed by atoms with van der Waals surface area (Å²) in [6.07, 6.45) is 5.17. The van der Waals surface area contributed by atoms with Crippen LogP contribution < -0.4 is 0 Å². The summed E-state index contributed by atoms with van der Waals surface area (Å²) in [5, 5.41) is 0. The standard InChI is InChI=1S/C10H21ClS/c1-10(2,3)12-9-7-5-4-6-8-11/h4-9H2,1-3H3. The van der Waals surface area contributed by atoms with Crippen LogP contribution in [0, 0.1) is 0 Å². The van der Waals surface area contributed by atoms with E-state index in [-0.39, 0.29) is 0 Å². The van der Waals surface area contributed by atoms with Crippen molar-refractivity contribution in [2.24, 2.45) is 0 Å². The Balaban J connectivity index is 3.01. The van der Waals surface area contributed by atoms with Crippen LogP contribution >= 0.6 is 23.4 Å². The molecule has 0 spiro atoms. The molecule has 0 fully saturated rings. The fourth-order valence-electron chi connectivity index (χ4n) is 0.928. The average molecular weight is 209 g/mol. The Morgan fingerprint density at radius 2 is 1.58 bits per heavy atom. The molecule has 74 valence electrons. The lowest BCUT2D eigenvalue weighted by Gasteiger charge is -2.16. The van der Waals surface area contributed by atoms with Crippen LogP contribution in [0.2, 0.25) is 0 Å². The predicted molar refractivity (Wildman–Crippen MR) is 61.4 cm³/mol. The molecule has 0 bridgehead atoms. The fourth-order valence-corrected chi connectivity index (χ4v) is 2.08. The minimum absolute atomic E-state index is 0.437. The van der Waals surface area contributed by atoms with Crippen LogP contribution in [-0.4, -0.2) is 16.4 Å². The summed E-state index contributed by atoms with van der Waals surface area (Å²) in [6.45, 7) is 6.82. The van der Waals surface area contributed by atoms with Crippen LogP contribution in [0.5, 0.6) is 0 Å². The zero-order valence-electron chi connectivity index (χ0n) is 8.53. The smallest absolute Gasteiger partial charge is 0.0223 e. The summed E-state index contributed by atoms with van der Waals surface area (Å²) in [4.78, 5) is 0. The summed E-state index contributed by atoms with van der Waals surface area (Å²) in [5.74, 6) is 2.12. The van der Waals surface area contributed by atoms with Crippen LogP contribution in [0.3, 0.4) is 0 Å². The van der Waals surface area contributed by atoms with E-state index in [9.17, 15) is 0 Å². The molecule has 0 radical (unpaired) electrons. The summed E-state index contributed by atoms with van der Waals surface area (Å²) in [5.41, 5.74) is 0. The molecule has 0 N–H and O–H groups in total. The molecule has 0 aliphatic rings. The van der Waals surface area contributed by atoms with Crippen LogP contribution in [0.15, 0.2) is 0 Å². The number of thioether (sulfide) groups is 1. The van der Waals surface area contributed by atoms with E-state index < -0.39 is 0 Å². The minimum atomic E-state index is 0.437. The Hall–Kier alpha value is 0.640. The molecule has 0 amide bonds. The number of hydrogen-bond acceptors (Lipinski definition) is 1. The second-order valence-electron chi connectivity index (χ2n) is 4.06. The van der Waals surface area contributed by atoms with E-state index in [1.807, 2.05) is 0 Å². The Kier molecular flexibility index (Phi) is 7.46. The van der Waals surface area contributed by atoms with Crippen LogP contribution in [0.4, 0.5) is 0 Å². The molecule has 0 aromatic rings. The summed E-state index contributed by atoms with van der Waals surface area (Å²) < 4.78 is 0.437. The summed E-state index contributed by atoms with van der Waals surface area (Å²) in [6, 6.07) is 0. The average Bonchev–Trinajstić information content (AvgIpc) is 1.94. The molecular weight excluding hydrogens is 188 g/mol. The van der Waals surface area contributed by atoms with E-state index in [4.69, 9.17) is 11.6 Å². The molecule has 0 saturated heterocycles. The lowest BCUT2D eigenvalue weighted by Crippen LogP contribution is -2.08. The third-order valence-corrected chi connectivity index (χ3v) is 3.19. The van der Waals surface area contributed by atoms with Crippen LogP contribution in [0.1, 0.15) is 46.5 Å². The number of halogens is 1. The molecule has 0 aromatic carbocycles. The van der Waals surface area contributed by atoms with Gasteiger partial charge < -0.3 is 0 Å². The van der Waals surface area contributed by atoms with Gasteiger partial charge in [-0.2, -0.15) is 11.8 Å². The second-order valence-corrected chi connectivity index (χ2v) is 6.36. The van der Waals surface area contributed by atoms with Crippen molar-refractivity contribution in [2.45, 2.75) is 51.2 Å². The van der Waals surface area contributed by atoms with Crippen molar-refractivity contribution in [3.63, 3.8) is 0 Å². The number of hydrogen-bond donors (Lipinski definition) is 0. The quantitative estimate of drug-likeness (QED) is 0.463. The van der Waals surface area contributed by atoms with E-state index in [2.05, 4.69) is 32.5 Å². The van der Waals surface area contributed by atoms with E-state index in [1.165, 1.54) is 31.4 Å². The van der Waals surface area contributed by atoms with E-state index in [0.717, 1.165) is 5.88 Å². The third kappa shape index (κ3) is 10.6. The molecule has 2 heteroatoms. The molecule has 0 nitrogen and oxygen atoms in total. The Morgan fingerprint density at radius 1 is 1.00 bits per heavy atom. The van der Waals surface area contributed by atoms with Gasteiger partial charge in [0.15, 0.2) is 0 Å². The summed E-state index contributed by atoms with van der Waals surface area (Å²) in [7, 11) is 0. The number of alkyl halides is 1. The molecule has 0 aromatic heterocycles. The molecular formula is C10H21ClS. The van der Waals surface area contributed by atoms with Crippen molar-refractivity contribution in [1.82, 2.24) is 0 Å². The van der Waals surface area contributed by atoms with E-state index in [0.29, 0.717) is 4.75 Å². The van der Waals surface area contributed by atoms with Gasteiger partial charge in [0.2, 0.25) is 0 Å². The SMILES string of the molecule is CC(C)(C)SCCCCCCCl. The van der Waals surface area contributed by atoms with Gasteiger partial charge in [-0.15, -0.1) is 11.6 Å². The van der Waals surface area contributed by atoms with Gasteiger partial charge in [0.25, 0.3) is 0 Å². The van der Waals surface area contributed by atoms with E-state index in [1.54, 1.807) is 0 Å². The van der Waals surface area contributed by atoms with Gasteiger partial charge in [0, 0.05) is 10.6 Å². The van der Waals surface area contributed by atoms with Crippen molar-refractivity contribution in [3.8, 4) is 0 Å². The number of unbranched alkanes of at least 4 members (excludes halogenated alkanes) is 3. The molecule has 0 saturated carbocycles. The van der Waals surface area contributed by atoms with E-state index >= 15 is 0 Å². The van der Waals surface area contributed by atoms with Crippen molar-refractivity contribution in [1.29, 1.82) is 0 Å². The van der Waals surface area contributed by atoms with Gasteiger partial charge in [-0.05, 0) is 18.6 Å². The van der Waals surface area contributed by atoms with Crippen molar-refractivity contribution >= 4 is 23.4 Å². The maximum atomic E-state index is 5.58. The molecule has 0 heterocycles. The minimum Gasteiger partial charge on any atom is -0.156 e. The van der Waals surface area contributed by atoms with Crippen LogP contribution in [-0.2, 0) is 0 Å². The second kappa shape index (κ2) is 7.08. The highest BCUT2D eigenvalue weighted by Crippen LogP contribution is 2.24. The molecule has 0 unspecified atom stereocenters. The first-order valence-electron chi connectivity index (χ1n) is 4.76. The Bertz CT molecular complexity index is 96.5. The molecule has 0 aliphatic heterocycles. The lowest BCUT2D eigenvalue weighted by atomic mass is 10.2. The maximum absolute atomic E-state index is 5.58. The van der Waals surface area contributed by atoms with Gasteiger partial charge in [-0.1, -0.05) is 33.6 Å². The normalized spacial score (nSPS) is 12.0. The first kappa shape index (κ1) is 12.6.